The minimum absolute atomic E-state index is 0.686. The van der Waals surface area contributed by atoms with E-state index < -0.39 is 0 Å². The van der Waals surface area contributed by atoms with Crippen molar-refractivity contribution in [3.8, 4) is 39.5 Å². The topological polar surface area (TPSA) is 43.6 Å². The number of rotatable bonds is 4. The van der Waals surface area contributed by atoms with Gasteiger partial charge in [0, 0.05) is 38.9 Å². The fourth-order valence-electron chi connectivity index (χ4n) is 7.24. The Morgan fingerprint density at radius 3 is 1.98 bits per heavy atom. The summed E-state index contributed by atoms with van der Waals surface area (Å²) < 4.78 is 2.34. The fourth-order valence-corrected chi connectivity index (χ4v) is 7.24. The summed E-state index contributed by atoms with van der Waals surface area (Å²) in [6, 6.07) is 57.8. The number of fused-ring (bicyclic) bond motifs is 6. The Labute approximate surface area is 282 Å². The van der Waals surface area contributed by atoms with Gasteiger partial charge in [-0.25, -0.2) is 9.97 Å². The number of pyridine rings is 1. The second kappa shape index (κ2) is 11.0. The van der Waals surface area contributed by atoms with Crippen LogP contribution in [0.4, 0.5) is 0 Å². The highest BCUT2D eigenvalue weighted by molar-refractivity contribution is 6.15. The molecule has 10 rings (SSSR count). The van der Waals surface area contributed by atoms with E-state index in [1.54, 1.807) is 0 Å². The molecule has 0 amide bonds. The van der Waals surface area contributed by atoms with Gasteiger partial charge in [-0.05, 0) is 63.9 Å². The third-order valence-corrected chi connectivity index (χ3v) is 9.62. The van der Waals surface area contributed by atoms with Crippen molar-refractivity contribution in [3.63, 3.8) is 0 Å². The van der Waals surface area contributed by atoms with Crippen molar-refractivity contribution in [2.75, 3.05) is 0 Å². The largest absolute Gasteiger partial charge is 0.293 e. The molecule has 0 radical (unpaired) electrons. The van der Waals surface area contributed by atoms with Crippen LogP contribution in [0, 0.1) is 0 Å². The molecule has 0 saturated carbocycles. The Morgan fingerprint density at radius 2 is 1.10 bits per heavy atom. The van der Waals surface area contributed by atoms with Crippen LogP contribution in [0.1, 0.15) is 0 Å². The zero-order chi connectivity index (χ0) is 32.3. The maximum Gasteiger partial charge on any atom is 0.162 e. The maximum absolute atomic E-state index is 5.39. The Kier molecular flexibility index (Phi) is 6.15. The molecular formula is C45H28N4. The number of para-hydroxylation sites is 2. The molecule has 4 heteroatoms. The summed E-state index contributed by atoms with van der Waals surface area (Å²) in [4.78, 5) is 15.2. The smallest absolute Gasteiger partial charge is 0.162 e. The third kappa shape index (κ3) is 4.49. The van der Waals surface area contributed by atoms with Crippen molar-refractivity contribution in [1.82, 2.24) is 19.5 Å². The highest BCUT2D eigenvalue weighted by Gasteiger charge is 2.19. The van der Waals surface area contributed by atoms with Gasteiger partial charge in [-0.15, -0.1) is 0 Å². The zero-order valence-corrected chi connectivity index (χ0v) is 26.5. The molecule has 4 nitrogen and oxygen atoms in total. The molecule has 7 aromatic carbocycles. The van der Waals surface area contributed by atoms with E-state index in [0.29, 0.717) is 5.82 Å². The van der Waals surface area contributed by atoms with Gasteiger partial charge in [0.05, 0.1) is 22.1 Å². The van der Waals surface area contributed by atoms with Crippen LogP contribution in [0.25, 0.3) is 93.8 Å². The summed E-state index contributed by atoms with van der Waals surface area (Å²) in [6.45, 7) is 0. The van der Waals surface area contributed by atoms with Crippen LogP contribution >= 0.6 is 0 Å². The Bertz CT molecular complexity index is 2860. The molecule has 0 saturated heterocycles. The lowest BCUT2D eigenvalue weighted by atomic mass is 10.0. The van der Waals surface area contributed by atoms with E-state index in [4.69, 9.17) is 9.97 Å². The van der Waals surface area contributed by atoms with Crippen molar-refractivity contribution in [1.29, 1.82) is 0 Å². The van der Waals surface area contributed by atoms with Gasteiger partial charge in [0.15, 0.2) is 5.82 Å². The van der Waals surface area contributed by atoms with Gasteiger partial charge in [-0.3, -0.25) is 9.55 Å². The van der Waals surface area contributed by atoms with Crippen LogP contribution in [0.15, 0.2) is 170 Å². The molecule has 0 spiro atoms. The van der Waals surface area contributed by atoms with Crippen LogP contribution in [-0.4, -0.2) is 19.5 Å². The zero-order valence-electron chi connectivity index (χ0n) is 26.5. The molecule has 0 N–H and O–H groups in total. The molecule has 10 aromatic rings. The standard InChI is InChI=1S/C45H28N4/c1-2-10-29(11-3-1)35-23-24-37-39-26-33-12-4-5-13-34(33)27-42(39)49(41(37)28-35)45-38-16-6-7-18-40(38)47-44(48-45)32-21-19-30(20-22-32)36-17-8-14-31-15-9-25-46-43(31)36/h1-28H. The van der Waals surface area contributed by atoms with Crippen molar-refractivity contribution in [2.24, 2.45) is 0 Å². The minimum Gasteiger partial charge on any atom is -0.293 e. The van der Waals surface area contributed by atoms with E-state index in [1.807, 2.05) is 18.3 Å². The van der Waals surface area contributed by atoms with E-state index in [9.17, 15) is 0 Å². The molecule has 228 valence electrons. The number of hydrogen-bond donors (Lipinski definition) is 0. The third-order valence-electron chi connectivity index (χ3n) is 9.62. The van der Waals surface area contributed by atoms with E-state index in [0.717, 1.165) is 55.3 Å². The summed E-state index contributed by atoms with van der Waals surface area (Å²) >= 11 is 0. The second-order valence-electron chi connectivity index (χ2n) is 12.5. The lowest BCUT2D eigenvalue weighted by Crippen LogP contribution is -2.03. The monoisotopic (exact) mass is 624 g/mol. The van der Waals surface area contributed by atoms with Gasteiger partial charge in [-0.2, -0.15) is 0 Å². The number of aromatic nitrogens is 4. The van der Waals surface area contributed by atoms with Gasteiger partial charge in [0.25, 0.3) is 0 Å². The first kappa shape index (κ1) is 27.5. The molecule has 0 unspecified atom stereocenters. The van der Waals surface area contributed by atoms with Gasteiger partial charge < -0.3 is 0 Å². The first-order valence-electron chi connectivity index (χ1n) is 16.5. The lowest BCUT2D eigenvalue weighted by molar-refractivity contribution is 1.08. The molecule has 0 aliphatic carbocycles. The van der Waals surface area contributed by atoms with Crippen molar-refractivity contribution >= 4 is 54.4 Å². The highest BCUT2D eigenvalue weighted by Crippen LogP contribution is 2.39. The van der Waals surface area contributed by atoms with E-state index in [-0.39, 0.29) is 0 Å². The predicted octanol–water partition coefficient (Wildman–Crippen LogP) is 11.4. The van der Waals surface area contributed by atoms with Gasteiger partial charge >= 0.3 is 0 Å². The summed E-state index contributed by atoms with van der Waals surface area (Å²) in [7, 11) is 0. The van der Waals surface area contributed by atoms with Crippen molar-refractivity contribution in [3.05, 3.63) is 170 Å². The first-order chi connectivity index (χ1) is 24.3. The Hall–Kier alpha value is -6.65. The van der Waals surface area contributed by atoms with Gasteiger partial charge in [-0.1, -0.05) is 127 Å². The quantitative estimate of drug-likeness (QED) is 0.196. The lowest BCUT2D eigenvalue weighted by Gasteiger charge is -2.14. The Morgan fingerprint density at radius 1 is 0.408 bits per heavy atom. The molecule has 0 atom stereocenters. The predicted molar refractivity (Wildman–Crippen MR) is 203 cm³/mol. The molecule has 0 aliphatic rings. The molecule has 3 heterocycles. The molecular weight excluding hydrogens is 597 g/mol. The number of benzene rings is 7. The van der Waals surface area contributed by atoms with Crippen LogP contribution in [-0.2, 0) is 0 Å². The average Bonchev–Trinajstić information content (AvgIpc) is 3.49. The number of hydrogen-bond acceptors (Lipinski definition) is 3. The Balaban J connectivity index is 1.22. The van der Waals surface area contributed by atoms with Gasteiger partial charge in [0.2, 0.25) is 0 Å². The molecule has 49 heavy (non-hydrogen) atoms. The van der Waals surface area contributed by atoms with E-state index in [1.165, 1.54) is 32.7 Å². The maximum atomic E-state index is 5.39. The second-order valence-corrected chi connectivity index (χ2v) is 12.5. The van der Waals surface area contributed by atoms with Crippen LogP contribution in [0.5, 0.6) is 0 Å². The van der Waals surface area contributed by atoms with Crippen molar-refractivity contribution in [2.45, 2.75) is 0 Å². The molecule has 0 aliphatic heterocycles. The van der Waals surface area contributed by atoms with Gasteiger partial charge in [0.1, 0.15) is 5.82 Å². The molecule has 0 fully saturated rings. The summed E-state index contributed by atoms with van der Waals surface area (Å²) in [5, 5.41) is 6.93. The molecule has 0 bridgehead atoms. The number of nitrogens with zero attached hydrogens (tertiary/aromatic N) is 4. The fraction of sp³-hybridized carbons (Fsp3) is 0. The first-order valence-corrected chi connectivity index (χ1v) is 16.5. The van der Waals surface area contributed by atoms with Crippen LogP contribution in [0.3, 0.4) is 0 Å². The average molecular weight is 625 g/mol. The van der Waals surface area contributed by atoms with Crippen LogP contribution < -0.4 is 0 Å². The van der Waals surface area contributed by atoms with Crippen LogP contribution in [0.2, 0.25) is 0 Å². The molecule has 3 aromatic heterocycles. The normalized spacial score (nSPS) is 11.7. The van der Waals surface area contributed by atoms with Crippen molar-refractivity contribution < 1.29 is 0 Å². The van der Waals surface area contributed by atoms with E-state index in [2.05, 4.69) is 161 Å². The summed E-state index contributed by atoms with van der Waals surface area (Å²) in [5.74, 6) is 1.55. The minimum atomic E-state index is 0.686. The van der Waals surface area contributed by atoms with E-state index >= 15 is 0 Å². The summed E-state index contributed by atoms with van der Waals surface area (Å²) in [6.07, 6.45) is 1.85. The summed E-state index contributed by atoms with van der Waals surface area (Å²) in [5.41, 5.74) is 9.65. The SMILES string of the molecule is c1ccc(-c2ccc3c4cc5ccccc5cc4n(-c4nc(-c5ccc(-c6cccc7cccnc67)cc5)nc5ccccc45)c3c2)cc1. The highest BCUT2D eigenvalue weighted by atomic mass is 15.1.